The molecule has 0 heterocycles. The van der Waals surface area contributed by atoms with E-state index in [0.717, 1.165) is 5.92 Å². The summed E-state index contributed by atoms with van der Waals surface area (Å²) >= 11 is 0. The average molecular weight is 267 g/mol. The van der Waals surface area contributed by atoms with Gasteiger partial charge in [-0.05, 0) is 25.6 Å². The first-order valence-corrected chi connectivity index (χ1v) is 6.54. The number of hydrogen-bond acceptors (Lipinski definition) is 2. The molecule has 0 amide bonds. The van der Waals surface area contributed by atoms with Crippen molar-refractivity contribution < 1.29 is 14.4 Å². The molecule has 1 N–H and O–H groups in total. The highest BCUT2D eigenvalue weighted by molar-refractivity contribution is 6.21. The van der Waals surface area contributed by atoms with Gasteiger partial charge in [-0.1, -0.05) is 45.9 Å². The van der Waals surface area contributed by atoms with Crippen LogP contribution in [0.15, 0.2) is 24.3 Å². The van der Waals surface area contributed by atoms with Crippen molar-refractivity contribution in [3.8, 4) is 0 Å². The summed E-state index contributed by atoms with van der Waals surface area (Å²) in [5.41, 5.74) is 0. The summed E-state index contributed by atoms with van der Waals surface area (Å²) in [6, 6.07) is 0. The lowest BCUT2D eigenvalue weighted by Crippen LogP contribution is -2.67. The number of allylic oxidation sites excluding steroid dienone is 3. The van der Waals surface area contributed by atoms with Crippen LogP contribution in [0.1, 0.15) is 34.6 Å². The highest BCUT2D eigenvalue weighted by Crippen LogP contribution is 1.93. The van der Waals surface area contributed by atoms with E-state index in [1.165, 1.54) is 13.2 Å². The second kappa shape index (κ2) is 19.0. The number of esters is 1. The fraction of sp³-hybridized carbons (Fsp3) is 0.600. The molecule has 0 rings (SSSR count). The van der Waals surface area contributed by atoms with Crippen LogP contribution in [0.2, 0.25) is 6.82 Å². The Morgan fingerprint density at radius 2 is 1.63 bits per heavy atom. The van der Waals surface area contributed by atoms with E-state index in [1.807, 2.05) is 27.6 Å². The van der Waals surface area contributed by atoms with Gasteiger partial charge in [0.1, 0.15) is 0 Å². The van der Waals surface area contributed by atoms with Crippen molar-refractivity contribution in [2.24, 2.45) is 11.8 Å². The van der Waals surface area contributed by atoms with E-state index in [9.17, 15) is 4.79 Å². The lowest BCUT2D eigenvalue weighted by atomic mass is 10.0. The van der Waals surface area contributed by atoms with Gasteiger partial charge in [0.25, 0.3) is 0 Å². The van der Waals surface area contributed by atoms with Crippen LogP contribution in [-0.2, 0) is 9.53 Å². The number of nitrogens with one attached hydrogen (secondary N) is 1. The summed E-state index contributed by atoms with van der Waals surface area (Å²) in [6.07, 6.45) is 7.47. The molecule has 0 aliphatic rings. The molecule has 19 heavy (non-hydrogen) atoms. The quantitative estimate of drug-likeness (QED) is 0.278. The van der Waals surface area contributed by atoms with Gasteiger partial charge < -0.3 is 9.64 Å². The molecule has 4 heteroatoms. The third-order valence-corrected chi connectivity index (χ3v) is 1.60. The van der Waals surface area contributed by atoms with Crippen LogP contribution in [0.25, 0.3) is 0 Å². The maximum atomic E-state index is 10.4. The van der Waals surface area contributed by atoms with Crippen LogP contribution in [-0.4, -0.2) is 27.2 Å². The molecule has 0 spiro atoms. The van der Waals surface area contributed by atoms with Gasteiger partial charge in [-0.2, -0.15) is 0 Å². The number of rotatable bonds is 4. The highest BCUT2D eigenvalue weighted by atomic mass is 16.5. The van der Waals surface area contributed by atoms with E-state index in [4.69, 9.17) is 0 Å². The van der Waals surface area contributed by atoms with Gasteiger partial charge in [0.2, 0.25) is 0 Å². The molecule has 0 bridgehead atoms. The third kappa shape index (κ3) is 38.4. The van der Waals surface area contributed by atoms with E-state index in [1.54, 1.807) is 13.5 Å². The predicted molar refractivity (Wildman–Crippen MR) is 85.3 cm³/mol. The zero-order valence-electron chi connectivity index (χ0n) is 13.6. The Kier molecular flexibility index (Phi) is 22.9. The minimum absolute atomic E-state index is 0.288. The summed E-state index contributed by atoms with van der Waals surface area (Å²) < 4.78 is 4.37. The van der Waals surface area contributed by atoms with Gasteiger partial charge in [0.05, 0.1) is 13.8 Å². The molecule has 0 aromatic rings. The topological polar surface area (TPSA) is 40.3 Å². The van der Waals surface area contributed by atoms with E-state index in [0.29, 0.717) is 5.92 Å². The summed E-state index contributed by atoms with van der Waals surface area (Å²) in [7, 11) is 3.13. The maximum absolute atomic E-state index is 10.4. The molecule has 0 fully saturated rings. The number of carbonyl (C=O) groups excluding carboxylic acids is 1. The van der Waals surface area contributed by atoms with Crippen LogP contribution in [0.3, 0.4) is 0 Å². The normalized spacial score (nSPS) is 9.74. The van der Waals surface area contributed by atoms with Crippen molar-refractivity contribution in [1.82, 2.24) is 0 Å². The molecule has 0 saturated heterocycles. The molecule has 0 aliphatic heterocycles. The number of methoxy groups -OCH3 is 1. The lowest BCUT2D eigenvalue weighted by Gasteiger charge is -1.92. The first-order chi connectivity index (χ1) is 8.85. The van der Waals surface area contributed by atoms with E-state index in [-0.39, 0.29) is 5.97 Å². The molecule has 0 aliphatic carbocycles. The molecular formula is C15H30BNO2+. The fourth-order valence-electron chi connectivity index (χ4n) is 0.724. The number of carbonyl (C=O) groups is 1. The highest BCUT2D eigenvalue weighted by Gasteiger charge is 1.90. The molecule has 0 unspecified atom stereocenters. The first-order valence-electron chi connectivity index (χ1n) is 6.54. The van der Waals surface area contributed by atoms with Crippen LogP contribution < -0.4 is 4.90 Å². The Balaban J connectivity index is -0.000000222. The molecule has 109 valence electrons. The van der Waals surface area contributed by atoms with E-state index < -0.39 is 0 Å². The van der Waals surface area contributed by atoms with Crippen molar-refractivity contribution in [1.29, 1.82) is 0 Å². The van der Waals surface area contributed by atoms with Crippen molar-refractivity contribution in [3.63, 3.8) is 0 Å². The van der Waals surface area contributed by atoms with Crippen LogP contribution in [0.4, 0.5) is 0 Å². The summed E-state index contributed by atoms with van der Waals surface area (Å²) in [4.78, 5) is 13.0. The molecule has 1 radical (unpaired) electrons. The van der Waals surface area contributed by atoms with Crippen molar-refractivity contribution in [3.05, 3.63) is 24.3 Å². The Morgan fingerprint density at radius 1 is 1.21 bits per heavy atom. The molecular weight excluding hydrogens is 237 g/mol. The van der Waals surface area contributed by atoms with Gasteiger partial charge in [-0.25, -0.2) is 4.79 Å². The van der Waals surface area contributed by atoms with Crippen LogP contribution in [0.5, 0.6) is 0 Å². The second-order valence-corrected chi connectivity index (χ2v) is 4.39. The Bertz CT molecular complexity index is 259. The maximum Gasteiger partial charge on any atom is 0.527 e. The van der Waals surface area contributed by atoms with Gasteiger partial charge >= 0.3 is 13.4 Å². The summed E-state index contributed by atoms with van der Waals surface area (Å²) in [5.74, 6) is 0.836. The molecule has 0 aromatic heterocycles. The van der Waals surface area contributed by atoms with Crippen molar-refractivity contribution in [2.75, 3.05) is 7.11 Å². The summed E-state index contributed by atoms with van der Waals surface area (Å²) in [6.45, 7) is 15.6. The Morgan fingerprint density at radius 3 is 1.79 bits per heavy atom. The molecule has 3 nitrogen and oxygen atoms in total. The van der Waals surface area contributed by atoms with Crippen LogP contribution in [0, 0.1) is 11.8 Å². The van der Waals surface area contributed by atoms with Gasteiger partial charge in [-0.15, -0.1) is 0 Å². The standard InChI is InChI=1S/C7H12O2.C6H12.C2H6BN/c1-6(2)4-5-7(8)9-3;1-4-5-6(2)3;1-3-4-2/h4-6H,1-3H3;4-6H,1-3H3;4H,2H2,1H3/q;;+1/b2*5-4+;. The van der Waals surface area contributed by atoms with Crippen LogP contribution >= 0.6 is 0 Å². The molecule has 0 aromatic carbocycles. The number of ether oxygens (including phenoxy) is 1. The van der Waals surface area contributed by atoms with Gasteiger partial charge in [-0.3, -0.25) is 0 Å². The number of hydrogen-bond donors (Lipinski definition) is 1. The zero-order chi connectivity index (χ0) is 15.7. The Hall–Kier alpha value is -1.32. The van der Waals surface area contributed by atoms with Crippen molar-refractivity contribution >= 4 is 20.1 Å². The Labute approximate surface area is 120 Å². The molecule has 0 atom stereocenters. The van der Waals surface area contributed by atoms with Gasteiger partial charge in [0, 0.05) is 6.08 Å². The predicted octanol–water partition coefficient (Wildman–Crippen LogP) is 2.02. The largest absolute Gasteiger partial charge is 0.527 e. The third-order valence-electron chi connectivity index (χ3n) is 1.60. The van der Waals surface area contributed by atoms with Gasteiger partial charge in [0.15, 0.2) is 0 Å². The average Bonchev–Trinajstić information content (AvgIpc) is 2.36. The van der Waals surface area contributed by atoms with Crippen molar-refractivity contribution in [2.45, 2.75) is 41.4 Å². The first kappa shape index (κ1) is 22.8. The van der Waals surface area contributed by atoms with E-state index in [2.05, 4.69) is 42.4 Å². The molecule has 0 saturated carbocycles. The second-order valence-electron chi connectivity index (χ2n) is 4.39. The fourth-order valence-corrected chi connectivity index (χ4v) is 0.724. The zero-order valence-corrected chi connectivity index (χ0v) is 13.6. The summed E-state index contributed by atoms with van der Waals surface area (Å²) in [5, 5.41) is 0. The SMILES string of the molecule is C/C=C/C(C)C.C=[NH+][B]C.COC(=O)/C=C/C(C)C. The van der Waals surface area contributed by atoms with E-state index >= 15 is 0 Å². The minimum Gasteiger partial charge on any atom is -0.466 e. The smallest absolute Gasteiger partial charge is 0.466 e. The lowest BCUT2D eigenvalue weighted by molar-refractivity contribution is -0.270. The minimum atomic E-state index is -0.288. The monoisotopic (exact) mass is 267 g/mol.